The summed E-state index contributed by atoms with van der Waals surface area (Å²) < 4.78 is 5.11. The Hall–Kier alpha value is -1.75. The van der Waals surface area contributed by atoms with Gasteiger partial charge >= 0.3 is 6.09 Å². The summed E-state index contributed by atoms with van der Waals surface area (Å²) in [6.07, 6.45) is 0.900. The average Bonchev–Trinajstić information content (AvgIpc) is 3.05. The number of anilines is 1. The van der Waals surface area contributed by atoms with Crippen LogP contribution in [0.1, 0.15) is 18.9 Å². The van der Waals surface area contributed by atoms with Crippen LogP contribution in [0.4, 0.5) is 10.5 Å². The molecule has 0 saturated carbocycles. The van der Waals surface area contributed by atoms with Crippen molar-refractivity contribution in [3.8, 4) is 0 Å². The minimum atomic E-state index is -0.159. The summed E-state index contributed by atoms with van der Waals surface area (Å²) in [5.41, 5.74) is 2.63. The highest BCUT2D eigenvalue weighted by atomic mass is 16.6. The molecule has 5 nitrogen and oxygen atoms in total. The molecule has 3 rings (SSSR count). The monoisotopic (exact) mass is 317 g/mol. The standard InChI is InChI=1S/C18H27N3O2/c1-3-23-18(22)21-8-7-17(14-21)20-11-9-19(10-12-20)16-6-4-5-15(2)13-16/h4-6,13,17H,3,7-12,14H2,1-2H3/t17-/m1/s1. The zero-order valence-electron chi connectivity index (χ0n) is 14.2. The van der Waals surface area contributed by atoms with Crippen LogP contribution in [0.3, 0.4) is 0 Å². The quantitative estimate of drug-likeness (QED) is 0.857. The number of piperazine rings is 1. The molecule has 5 heteroatoms. The van der Waals surface area contributed by atoms with Crippen molar-refractivity contribution in [1.29, 1.82) is 0 Å². The highest BCUT2D eigenvalue weighted by molar-refractivity contribution is 5.68. The minimum Gasteiger partial charge on any atom is -0.450 e. The Balaban J connectivity index is 1.51. The predicted molar refractivity (Wildman–Crippen MR) is 92.0 cm³/mol. The van der Waals surface area contributed by atoms with Gasteiger partial charge in [-0.05, 0) is 38.0 Å². The Kier molecular flexibility index (Phi) is 5.06. The number of ether oxygens (including phenoxy) is 1. The number of likely N-dealkylation sites (tertiary alicyclic amines) is 1. The molecular weight excluding hydrogens is 290 g/mol. The van der Waals surface area contributed by atoms with Crippen molar-refractivity contribution in [2.45, 2.75) is 26.3 Å². The normalized spacial score (nSPS) is 22.4. The van der Waals surface area contributed by atoms with E-state index in [0.29, 0.717) is 12.6 Å². The first-order valence-electron chi connectivity index (χ1n) is 8.64. The SMILES string of the molecule is CCOC(=O)N1CC[C@@H](N2CCN(c3cccc(C)c3)CC2)C1. The Bertz CT molecular complexity index is 541. The second kappa shape index (κ2) is 7.21. The van der Waals surface area contributed by atoms with E-state index in [9.17, 15) is 4.79 Å². The Morgan fingerprint density at radius 2 is 2.00 bits per heavy atom. The van der Waals surface area contributed by atoms with Gasteiger partial charge in [-0.15, -0.1) is 0 Å². The second-order valence-corrected chi connectivity index (χ2v) is 6.45. The molecule has 0 spiro atoms. The number of hydrogen-bond acceptors (Lipinski definition) is 4. The molecule has 0 aliphatic carbocycles. The van der Waals surface area contributed by atoms with Crippen LogP contribution in [-0.4, -0.2) is 67.8 Å². The number of benzene rings is 1. The van der Waals surface area contributed by atoms with Gasteiger partial charge in [0.05, 0.1) is 6.61 Å². The van der Waals surface area contributed by atoms with E-state index in [4.69, 9.17) is 4.74 Å². The molecule has 0 bridgehead atoms. The summed E-state index contributed by atoms with van der Waals surface area (Å²) in [5.74, 6) is 0. The molecule has 1 aromatic rings. The van der Waals surface area contributed by atoms with Crippen LogP contribution in [0, 0.1) is 6.92 Å². The van der Waals surface area contributed by atoms with E-state index in [2.05, 4.69) is 41.0 Å². The van der Waals surface area contributed by atoms with Gasteiger partial charge in [-0.2, -0.15) is 0 Å². The van der Waals surface area contributed by atoms with Gasteiger partial charge in [-0.1, -0.05) is 12.1 Å². The van der Waals surface area contributed by atoms with Crippen molar-refractivity contribution in [3.63, 3.8) is 0 Å². The molecule has 1 aromatic carbocycles. The topological polar surface area (TPSA) is 36.0 Å². The Morgan fingerprint density at radius 3 is 2.70 bits per heavy atom. The van der Waals surface area contributed by atoms with Crippen LogP contribution in [-0.2, 0) is 4.74 Å². The third-order valence-corrected chi connectivity index (χ3v) is 4.89. The third kappa shape index (κ3) is 3.78. The molecule has 1 amide bonds. The number of nitrogens with zero attached hydrogens (tertiary/aromatic N) is 3. The van der Waals surface area contributed by atoms with Gasteiger partial charge in [0.2, 0.25) is 0 Å². The van der Waals surface area contributed by atoms with E-state index in [0.717, 1.165) is 45.7 Å². The van der Waals surface area contributed by atoms with Crippen LogP contribution in [0.5, 0.6) is 0 Å². The lowest BCUT2D eigenvalue weighted by atomic mass is 10.1. The molecule has 0 radical (unpaired) electrons. The molecule has 2 aliphatic heterocycles. The maximum absolute atomic E-state index is 11.8. The zero-order chi connectivity index (χ0) is 16.2. The fraction of sp³-hybridized carbons (Fsp3) is 0.611. The number of amides is 1. The first-order valence-corrected chi connectivity index (χ1v) is 8.64. The summed E-state index contributed by atoms with van der Waals surface area (Å²) >= 11 is 0. The highest BCUT2D eigenvalue weighted by Crippen LogP contribution is 2.22. The predicted octanol–water partition coefficient (Wildman–Crippen LogP) is 2.35. The lowest BCUT2D eigenvalue weighted by molar-refractivity contribution is 0.110. The lowest BCUT2D eigenvalue weighted by Crippen LogP contribution is -2.51. The zero-order valence-corrected chi connectivity index (χ0v) is 14.2. The van der Waals surface area contributed by atoms with E-state index in [1.165, 1.54) is 11.3 Å². The third-order valence-electron chi connectivity index (χ3n) is 4.89. The summed E-state index contributed by atoms with van der Waals surface area (Å²) in [6, 6.07) is 9.21. The maximum atomic E-state index is 11.8. The van der Waals surface area contributed by atoms with Crippen molar-refractivity contribution in [1.82, 2.24) is 9.80 Å². The summed E-state index contributed by atoms with van der Waals surface area (Å²) in [4.78, 5) is 18.7. The van der Waals surface area contributed by atoms with Crippen molar-refractivity contribution in [3.05, 3.63) is 29.8 Å². The van der Waals surface area contributed by atoms with E-state index in [1.807, 2.05) is 11.8 Å². The molecule has 2 heterocycles. The van der Waals surface area contributed by atoms with Crippen LogP contribution in [0.25, 0.3) is 0 Å². The van der Waals surface area contributed by atoms with Crippen LogP contribution >= 0.6 is 0 Å². The molecule has 0 N–H and O–H groups in total. The average molecular weight is 317 g/mol. The van der Waals surface area contributed by atoms with Crippen molar-refractivity contribution in [2.75, 3.05) is 50.8 Å². The van der Waals surface area contributed by atoms with Crippen molar-refractivity contribution in [2.24, 2.45) is 0 Å². The van der Waals surface area contributed by atoms with Gasteiger partial charge in [0.15, 0.2) is 0 Å². The van der Waals surface area contributed by atoms with Crippen molar-refractivity contribution < 1.29 is 9.53 Å². The van der Waals surface area contributed by atoms with Crippen LogP contribution in [0.15, 0.2) is 24.3 Å². The highest BCUT2D eigenvalue weighted by Gasteiger charge is 2.32. The Labute approximate surface area is 138 Å². The number of rotatable bonds is 3. The molecule has 126 valence electrons. The van der Waals surface area contributed by atoms with Crippen LogP contribution in [0.2, 0.25) is 0 Å². The van der Waals surface area contributed by atoms with Gasteiger partial charge in [-0.25, -0.2) is 4.79 Å². The van der Waals surface area contributed by atoms with E-state index >= 15 is 0 Å². The summed E-state index contributed by atoms with van der Waals surface area (Å²) in [5, 5.41) is 0. The molecule has 2 saturated heterocycles. The fourth-order valence-electron chi connectivity index (χ4n) is 3.59. The van der Waals surface area contributed by atoms with Crippen LogP contribution < -0.4 is 4.90 Å². The summed E-state index contributed by atoms with van der Waals surface area (Å²) in [7, 11) is 0. The first-order chi connectivity index (χ1) is 11.2. The van der Waals surface area contributed by atoms with Crippen molar-refractivity contribution >= 4 is 11.8 Å². The van der Waals surface area contributed by atoms with Gasteiger partial charge in [0.1, 0.15) is 0 Å². The number of carbonyl (C=O) groups excluding carboxylic acids is 1. The van der Waals surface area contributed by atoms with Gasteiger partial charge in [-0.3, -0.25) is 4.90 Å². The molecular formula is C18H27N3O2. The molecule has 0 aromatic heterocycles. The minimum absolute atomic E-state index is 0.159. The maximum Gasteiger partial charge on any atom is 0.409 e. The molecule has 2 aliphatic rings. The number of aryl methyl sites for hydroxylation is 1. The van der Waals surface area contributed by atoms with E-state index < -0.39 is 0 Å². The molecule has 0 unspecified atom stereocenters. The van der Waals surface area contributed by atoms with E-state index in [1.54, 1.807) is 0 Å². The second-order valence-electron chi connectivity index (χ2n) is 6.45. The fourth-order valence-corrected chi connectivity index (χ4v) is 3.59. The molecule has 2 fully saturated rings. The Morgan fingerprint density at radius 1 is 1.22 bits per heavy atom. The van der Waals surface area contributed by atoms with Gasteiger partial charge < -0.3 is 14.5 Å². The molecule has 23 heavy (non-hydrogen) atoms. The molecule has 1 atom stereocenters. The largest absolute Gasteiger partial charge is 0.450 e. The first kappa shape index (κ1) is 16.1. The number of hydrogen-bond donors (Lipinski definition) is 0. The lowest BCUT2D eigenvalue weighted by Gasteiger charge is -2.39. The van der Waals surface area contributed by atoms with Gasteiger partial charge in [0.25, 0.3) is 0 Å². The van der Waals surface area contributed by atoms with Gasteiger partial charge in [0, 0.05) is 51.0 Å². The van der Waals surface area contributed by atoms with E-state index in [-0.39, 0.29) is 6.09 Å². The number of carbonyl (C=O) groups is 1. The summed E-state index contributed by atoms with van der Waals surface area (Å²) in [6.45, 7) is 10.3. The smallest absolute Gasteiger partial charge is 0.409 e.